The van der Waals surface area contributed by atoms with Gasteiger partial charge in [0.2, 0.25) is 0 Å². The fourth-order valence-corrected chi connectivity index (χ4v) is 7.76. The van der Waals surface area contributed by atoms with E-state index < -0.39 is 0 Å². The Bertz CT molecular complexity index is 922. The van der Waals surface area contributed by atoms with Gasteiger partial charge in [-0.05, 0) is 45.2 Å². The zero-order valence-corrected chi connectivity index (χ0v) is 40.9. The van der Waals surface area contributed by atoms with Crippen LogP contribution in [-0.4, -0.2) is 88.4 Å². The van der Waals surface area contributed by atoms with Crippen LogP contribution in [0.1, 0.15) is 252 Å². The van der Waals surface area contributed by atoms with Crippen molar-refractivity contribution in [2.75, 3.05) is 65.6 Å². The topological polar surface area (TPSA) is 106 Å². The zero-order chi connectivity index (χ0) is 44.4. The average molecular weight is 866 g/mol. The van der Waals surface area contributed by atoms with E-state index in [1.807, 2.05) is 0 Å². The molecule has 0 amide bonds. The molecule has 0 aliphatic rings. The highest BCUT2D eigenvalue weighted by Crippen LogP contribution is 2.13. The van der Waals surface area contributed by atoms with Crippen molar-refractivity contribution in [3.8, 4) is 0 Å². The summed E-state index contributed by atoms with van der Waals surface area (Å²) in [4.78, 5) is 39.3. The van der Waals surface area contributed by atoms with E-state index in [1.165, 1.54) is 154 Å². The molecule has 0 spiro atoms. The highest BCUT2D eigenvalue weighted by atomic mass is 16.5. The number of nitrogens with zero attached hydrogens (tertiary/aromatic N) is 1. The molecule has 362 valence electrons. The Hall–Kier alpha value is -1.71. The van der Waals surface area contributed by atoms with Gasteiger partial charge in [-0.3, -0.25) is 14.4 Å². The van der Waals surface area contributed by atoms with Crippen molar-refractivity contribution in [3.05, 3.63) is 0 Å². The Morgan fingerprint density at radius 1 is 0.311 bits per heavy atom. The minimum absolute atomic E-state index is 0.101. The smallest absolute Gasteiger partial charge is 0.307 e. The van der Waals surface area contributed by atoms with Crippen molar-refractivity contribution in [1.82, 2.24) is 15.5 Å². The summed E-state index contributed by atoms with van der Waals surface area (Å²) in [5, 5.41) is 6.82. The largest absolute Gasteiger partial charge is 0.466 e. The molecule has 0 unspecified atom stereocenters. The molecule has 0 aromatic rings. The lowest BCUT2D eigenvalue weighted by Crippen LogP contribution is -2.35. The van der Waals surface area contributed by atoms with Crippen LogP contribution < -0.4 is 10.6 Å². The second-order valence-corrected chi connectivity index (χ2v) is 17.9. The first-order chi connectivity index (χ1) is 30.0. The van der Waals surface area contributed by atoms with Gasteiger partial charge >= 0.3 is 17.9 Å². The maximum atomic E-state index is 12.6. The normalized spacial score (nSPS) is 11.4. The van der Waals surface area contributed by atoms with Gasteiger partial charge in [0.25, 0.3) is 0 Å². The van der Waals surface area contributed by atoms with E-state index >= 15 is 0 Å². The minimum atomic E-state index is -0.125. The molecule has 0 radical (unpaired) electrons. The Labute approximate surface area is 378 Å². The third-order valence-corrected chi connectivity index (χ3v) is 11.9. The predicted molar refractivity (Wildman–Crippen MR) is 258 cm³/mol. The van der Waals surface area contributed by atoms with Crippen LogP contribution >= 0.6 is 0 Å². The van der Waals surface area contributed by atoms with E-state index in [4.69, 9.17) is 14.2 Å². The molecule has 0 saturated carbocycles. The summed E-state index contributed by atoms with van der Waals surface area (Å²) in [6, 6.07) is 0. The Kier molecular flexibility index (Phi) is 49.5. The van der Waals surface area contributed by atoms with Crippen LogP contribution in [0.3, 0.4) is 0 Å². The van der Waals surface area contributed by atoms with Crippen molar-refractivity contribution in [1.29, 1.82) is 0 Å². The van der Waals surface area contributed by atoms with Crippen LogP contribution in [0.25, 0.3) is 0 Å². The third-order valence-electron chi connectivity index (χ3n) is 11.9. The minimum Gasteiger partial charge on any atom is -0.466 e. The number of carbonyl (C=O) groups is 3. The van der Waals surface area contributed by atoms with Crippen LogP contribution in [-0.2, 0) is 28.6 Å². The van der Waals surface area contributed by atoms with Crippen LogP contribution in [0.2, 0.25) is 0 Å². The molecular weight excluding hydrogens is 763 g/mol. The molecule has 0 aliphatic heterocycles. The fourth-order valence-electron chi connectivity index (χ4n) is 7.76. The summed E-state index contributed by atoms with van der Waals surface area (Å²) in [6.07, 6.45) is 42.5. The maximum Gasteiger partial charge on any atom is 0.307 e. The van der Waals surface area contributed by atoms with Gasteiger partial charge in [0.05, 0.1) is 39.1 Å². The first-order valence-electron chi connectivity index (χ1n) is 26.6. The molecule has 9 nitrogen and oxygen atoms in total. The molecule has 0 aliphatic carbocycles. The van der Waals surface area contributed by atoms with Gasteiger partial charge in [-0.25, -0.2) is 0 Å². The van der Waals surface area contributed by atoms with E-state index in [9.17, 15) is 14.4 Å². The molecule has 0 aromatic heterocycles. The van der Waals surface area contributed by atoms with Crippen molar-refractivity contribution in [3.63, 3.8) is 0 Å². The van der Waals surface area contributed by atoms with Crippen molar-refractivity contribution >= 4 is 17.9 Å². The Morgan fingerprint density at radius 2 is 0.623 bits per heavy atom. The number of carbonyl (C=O) groups excluding carboxylic acids is 3. The van der Waals surface area contributed by atoms with E-state index in [1.54, 1.807) is 0 Å². The second kappa shape index (κ2) is 50.9. The van der Waals surface area contributed by atoms with Gasteiger partial charge in [0.1, 0.15) is 0 Å². The number of hydrogen-bond donors (Lipinski definition) is 2. The number of esters is 3. The monoisotopic (exact) mass is 866 g/mol. The summed E-state index contributed by atoms with van der Waals surface area (Å²) < 4.78 is 16.5. The van der Waals surface area contributed by atoms with Crippen LogP contribution in [0.5, 0.6) is 0 Å². The number of ether oxygens (including phenoxy) is 3. The molecule has 0 aromatic carbocycles. The average Bonchev–Trinajstić information content (AvgIpc) is 3.26. The molecule has 0 heterocycles. The lowest BCUT2D eigenvalue weighted by Gasteiger charge is -2.22. The van der Waals surface area contributed by atoms with E-state index in [-0.39, 0.29) is 17.9 Å². The summed E-state index contributed by atoms with van der Waals surface area (Å²) in [7, 11) is 0. The van der Waals surface area contributed by atoms with E-state index in [0.717, 1.165) is 84.0 Å². The molecule has 0 rings (SSSR count). The Morgan fingerprint density at radius 3 is 1.00 bits per heavy atom. The van der Waals surface area contributed by atoms with E-state index in [0.29, 0.717) is 58.7 Å². The number of nitrogens with one attached hydrogen (secondary N) is 2. The van der Waals surface area contributed by atoms with E-state index in [2.05, 4.69) is 36.3 Å². The van der Waals surface area contributed by atoms with Gasteiger partial charge in [0, 0.05) is 32.7 Å². The molecule has 0 saturated heterocycles. The molecule has 9 heteroatoms. The maximum absolute atomic E-state index is 12.6. The lowest BCUT2D eigenvalue weighted by atomic mass is 10.1. The zero-order valence-electron chi connectivity index (χ0n) is 40.9. The summed E-state index contributed by atoms with van der Waals surface area (Å²) >= 11 is 0. The number of unbranched alkanes of at least 4 members (excludes halogenated alkanes) is 29. The first kappa shape index (κ1) is 59.3. The molecular formula is C52H103N3O6. The van der Waals surface area contributed by atoms with Crippen molar-refractivity contribution in [2.45, 2.75) is 252 Å². The standard InChI is InChI=1S/C52H103N3O6/c1-4-7-10-13-16-19-22-25-28-34-47-59-50(56)37-41-53-40-32-31-33-44-55(45-39-52(58)61-49-36-30-27-24-21-18-15-12-9-6-3)46-43-54-42-38-51(57)60-48-35-29-26-23-20-17-14-11-8-5-2/h53-54H,4-49H2,1-3H3. The SMILES string of the molecule is CCCCCCCCCCCCOC(=O)CCNCCCCCN(CCNCCC(=O)OCCCCCCCCCCCC)CCC(=O)OCCCCCCCCCCCC. The van der Waals surface area contributed by atoms with Crippen LogP contribution in [0, 0.1) is 0 Å². The van der Waals surface area contributed by atoms with Gasteiger partial charge in [-0.1, -0.05) is 201 Å². The van der Waals surface area contributed by atoms with Gasteiger partial charge in [-0.15, -0.1) is 0 Å². The number of hydrogen-bond acceptors (Lipinski definition) is 9. The predicted octanol–water partition coefficient (Wildman–Crippen LogP) is 13.2. The summed E-state index contributed by atoms with van der Waals surface area (Å²) in [5.41, 5.74) is 0. The Balaban J connectivity index is 4.20. The fraction of sp³-hybridized carbons (Fsp3) is 0.942. The molecule has 61 heavy (non-hydrogen) atoms. The molecule has 2 N–H and O–H groups in total. The van der Waals surface area contributed by atoms with Crippen LogP contribution in [0.15, 0.2) is 0 Å². The lowest BCUT2D eigenvalue weighted by molar-refractivity contribution is -0.145. The van der Waals surface area contributed by atoms with Gasteiger partial charge < -0.3 is 29.7 Å². The highest BCUT2D eigenvalue weighted by molar-refractivity contribution is 5.70. The van der Waals surface area contributed by atoms with Gasteiger partial charge in [-0.2, -0.15) is 0 Å². The van der Waals surface area contributed by atoms with Crippen LogP contribution in [0.4, 0.5) is 0 Å². The summed E-state index contributed by atoms with van der Waals surface area (Å²) in [5.74, 6) is -0.332. The molecule has 0 atom stereocenters. The number of rotatable bonds is 51. The van der Waals surface area contributed by atoms with Crippen molar-refractivity contribution < 1.29 is 28.6 Å². The van der Waals surface area contributed by atoms with Gasteiger partial charge in [0.15, 0.2) is 0 Å². The summed E-state index contributed by atoms with van der Waals surface area (Å²) in [6.45, 7) is 13.7. The van der Waals surface area contributed by atoms with Crippen molar-refractivity contribution in [2.24, 2.45) is 0 Å². The molecule has 0 bridgehead atoms. The molecule has 0 fully saturated rings. The highest BCUT2D eigenvalue weighted by Gasteiger charge is 2.11. The quantitative estimate of drug-likeness (QED) is 0.0351. The first-order valence-corrected chi connectivity index (χ1v) is 26.6. The third kappa shape index (κ3) is 49.2. The second-order valence-electron chi connectivity index (χ2n) is 17.9.